The number of aromatic nitrogens is 1. The summed E-state index contributed by atoms with van der Waals surface area (Å²) in [6, 6.07) is 8.99. The predicted molar refractivity (Wildman–Crippen MR) is 89.4 cm³/mol. The number of para-hydroxylation sites is 1. The van der Waals surface area contributed by atoms with Gasteiger partial charge in [0.1, 0.15) is 5.58 Å². The molecule has 0 bridgehead atoms. The lowest BCUT2D eigenvalue weighted by Crippen LogP contribution is -2.21. The third-order valence-electron chi connectivity index (χ3n) is 3.39. The SMILES string of the molecule is O=C(COC(=O)c1cc2ccccc2o1)Nc1ncc(C(F)(F)F)cc1Cl. The molecule has 0 aliphatic heterocycles. The number of esters is 1. The maximum Gasteiger partial charge on any atom is 0.417 e. The standard InChI is InChI=1S/C17H10ClF3N2O4/c18-11-6-10(17(19,20)21)7-22-15(11)23-14(24)8-26-16(25)13-5-9-3-1-2-4-12(9)27-13/h1-7H,8H2,(H,22,23,24). The number of alkyl halides is 3. The summed E-state index contributed by atoms with van der Waals surface area (Å²) in [7, 11) is 0. The molecule has 1 N–H and O–H groups in total. The number of ether oxygens (including phenoxy) is 1. The Kier molecular flexibility index (Phi) is 5.04. The topological polar surface area (TPSA) is 81.4 Å². The Hall–Kier alpha value is -3.07. The van der Waals surface area contributed by atoms with Crippen molar-refractivity contribution in [2.45, 2.75) is 6.18 Å². The van der Waals surface area contributed by atoms with E-state index < -0.39 is 35.2 Å². The van der Waals surface area contributed by atoms with Gasteiger partial charge in [0.05, 0.1) is 10.6 Å². The number of benzene rings is 1. The van der Waals surface area contributed by atoms with Crippen LogP contribution >= 0.6 is 11.6 Å². The molecule has 0 saturated carbocycles. The van der Waals surface area contributed by atoms with Gasteiger partial charge in [0.2, 0.25) is 5.76 Å². The molecule has 1 amide bonds. The van der Waals surface area contributed by atoms with E-state index in [9.17, 15) is 22.8 Å². The summed E-state index contributed by atoms with van der Waals surface area (Å²) in [6.45, 7) is -0.699. The Morgan fingerprint density at radius 1 is 1.22 bits per heavy atom. The number of anilines is 1. The molecule has 0 spiro atoms. The van der Waals surface area contributed by atoms with Gasteiger partial charge < -0.3 is 14.5 Å². The molecule has 3 rings (SSSR count). The molecular weight excluding hydrogens is 389 g/mol. The molecule has 27 heavy (non-hydrogen) atoms. The average molecular weight is 399 g/mol. The van der Waals surface area contributed by atoms with E-state index in [-0.39, 0.29) is 11.6 Å². The van der Waals surface area contributed by atoms with Crippen molar-refractivity contribution < 1.29 is 31.9 Å². The minimum atomic E-state index is -4.61. The predicted octanol–water partition coefficient (Wildman–Crippen LogP) is 4.30. The Balaban J connectivity index is 1.60. The number of halogens is 4. The second-order valence-corrected chi connectivity index (χ2v) is 5.73. The van der Waals surface area contributed by atoms with Gasteiger partial charge in [0.25, 0.3) is 5.91 Å². The summed E-state index contributed by atoms with van der Waals surface area (Å²) in [6.07, 6.45) is -4.08. The molecule has 0 aliphatic carbocycles. The van der Waals surface area contributed by atoms with E-state index in [1.807, 2.05) is 0 Å². The van der Waals surface area contributed by atoms with Crippen molar-refractivity contribution >= 4 is 40.3 Å². The van der Waals surface area contributed by atoms with E-state index in [1.165, 1.54) is 6.07 Å². The van der Waals surface area contributed by atoms with E-state index in [4.69, 9.17) is 20.8 Å². The van der Waals surface area contributed by atoms with Crippen LogP contribution in [0.5, 0.6) is 0 Å². The van der Waals surface area contributed by atoms with Crippen LogP contribution in [-0.2, 0) is 15.7 Å². The van der Waals surface area contributed by atoms with E-state index >= 15 is 0 Å². The lowest BCUT2D eigenvalue weighted by molar-refractivity contribution is -0.137. The van der Waals surface area contributed by atoms with Gasteiger partial charge in [-0.1, -0.05) is 29.8 Å². The van der Waals surface area contributed by atoms with Crippen molar-refractivity contribution in [2.24, 2.45) is 0 Å². The fourth-order valence-corrected chi connectivity index (χ4v) is 2.35. The van der Waals surface area contributed by atoms with Crippen LogP contribution in [0.3, 0.4) is 0 Å². The van der Waals surface area contributed by atoms with Gasteiger partial charge in [-0.3, -0.25) is 4.79 Å². The Bertz CT molecular complexity index is 984. The molecule has 3 aromatic rings. The van der Waals surface area contributed by atoms with E-state index in [1.54, 1.807) is 24.3 Å². The maximum absolute atomic E-state index is 12.6. The van der Waals surface area contributed by atoms with Crippen molar-refractivity contribution in [1.82, 2.24) is 4.98 Å². The molecule has 140 valence electrons. The number of hydrogen-bond donors (Lipinski definition) is 1. The first-order valence-corrected chi connectivity index (χ1v) is 7.80. The number of carbonyl (C=O) groups excluding carboxylic acids is 2. The first-order valence-electron chi connectivity index (χ1n) is 7.42. The van der Waals surface area contributed by atoms with Gasteiger partial charge in [-0.05, 0) is 18.2 Å². The van der Waals surface area contributed by atoms with Crippen molar-refractivity contribution in [3.8, 4) is 0 Å². The van der Waals surface area contributed by atoms with Gasteiger partial charge >= 0.3 is 12.1 Å². The molecule has 0 fully saturated rings. The fraction of sp³-hybridized carbons (Fsp3) is 0.118. The smallest absolute Gasteiger partial charge is 0.417 e. The third-order valence-corrected chi connectivity index (χ3v) is 3.68. The van der Waals surface area contributed by atoms with Crippen LogP contribution in [0.15, 0.2) is 47.0 Å². The minimum absolute atomic E-state index is 0.0883. The van der Waals surface area contributed by atoms with Gasteiger partial charge in [-0.25, -0.2) is 9.78 Å². The zero-order valence-corrected chi connectivity index (χ0v) is 14.1. The molecule has 0 saturated heterocycles. The lowest BCUT2D eigenvalue weighted by atomic mass is 10.2. The molecular formula is C17H10ClF3N2O4. The summed E-state index contributed by atoms with van der Waals surface area (Å²) in [5.41, 5.74) is -0.573. The zero-order valence-electron chi connectivity index (χ0n) is 13.3. The number of nitrogens with one attached hydrogen (secondary N) is 1. The van der Waals surface area contributed by atoms with Crippen molar-refractivity contribution in [1.29, 1.82) is 0 Å². The number of pyridine rings is 1. The lowest BCUT2D eigenvalue weighted by Gasteiger charge is -2.10. The number of furan rings is 1. The van der Waals surface area contributed by atoms with E-state index in [0.717, 1.165) is 0 Å². The van der Waals surface area contributed by atoms with E-state index in [2.05, 4.69) is 10.3 Å². The number of hydrogen-bond acceptors (Lipinski definition) is 5. The van der Waals surface area contributed by atoms with Gasteiger partial charge in [0.15, 0.2) is 12.4 Å². The normalized spacial score (nSPS) is 11.4. The molecule has 2 heterocycles. The molecule has 10 heteroatoms. The number of fused-ring (bicyclic) bond motifs is 1. The van der Waals surface area contributed by atoms with E-state index in [0.29, 0.717) is 23.2 Å². The van der Waals surface area contributed by atoms with Gasteiger partial charge in [-0.2, -0.15) is 13.2 Å². The van der Waals surface area contributed by atoms with Crippen molar-refractivity contribution in [2.75, 3.05) is 11.9 Å². The summed E-state index contributed by atoms with van der Waals surface area (Å²) < 4.78 is 47.8. The Morgan fingerprint density at radius 2 is 1.96 bits per heavy atom. The highest BCUT2D eigenvalue weighted by atomic mass is 35.5. The third kappa shape index (κ3) is 4.37. The highest BCUT2D eigenvalue weighted by Gasteiger charge is 2.31. The zero-order chi connectivity index (χ0) is 19.6. The van der Waals surface area contributed by atoms with Crippen LogP contribution in [0, 0.1) is 0 Å². The fourth-order valence-electron chi connectivity index (χ4n) is 2.14. The van der Waals surface area contributed by atoms with Crippen LogP contribution in [0.2, 0.25) is 5.02 Å². The molecule has 0 aliphatic rings. The molecule has 1 aromatic carbocycles. The monoisotopic (exact) mass is 398 g/mol. The number of nitrogens with zero attached hydrogens (tertiary/aromatic N) is 1. The Morgan fingerprint density at radius 3 is 2.63 bits per heavy atom. The van der Waals surface area contributed by atoms with Gasteiger partial charge in [-0.15, -0.1) is 0 Å². The maximum atomic E-state index is 12.6. The minimum Gasteiger partial charge on any atom is -0.450 e. The number of rotatable bonds is 4. The Labute approximate surface area is 154 Å². The first kappa shape index (κ1) is 18.7. The second kappa shape index (κ2) is 7.28. The highest BCUT2D eigenvalue weighted by molar-refractivity contribution is 6.33. The highest BCUT2D eigenvalue weighted by Crippen LogP contribution is 2.32. The van der Waals surface area contributed by atoms with Crippen molar-refractivity contribution in [3.05, 3.63) is 58.9 Å². The van der Waals surface area contributed by atoms with Crippen LogP contribution < -0.4 is 5.32 Å². The summed E-state index contributed by atoms with van der Waals surface area (Å²) in [4.78, 5) is 27.2. The molecule has 2 aromatic heterocycles. The van der Waals surface area contributed by atoms with Crippen LogP contribution in [0.25, 0.3) is 11.0 Å². The molecule has 0 unspecified atom stereocenters. The number of carbonyl (C=O) groups is 2. The van der Waals surface area contributed by atoms with Gasteiger partial charge in [0, 0.05) is 11.6 Å². The van der Waals surface area contributed by atoms with Crippen LogP contribution in [-0.4, -0.2) is 23.5 Å². The summed E-state index contributed by atoms with van der Waals surface area (Å²) >= 11 is 5.68. The average Bonchev–Trinajstić information content (AvgIpc) is 3.04. The summed E-state index contributed by atoms with van der Waals surface area (Å²) in [5.74, 6) is -2.06. The molecule has 0 radical (unpaired) electrons. The van der Waals surface area contributed by atoms with Crippen LogP contribution in [0.1, 0.15) is 16.1 Å². The molecule has 0 atom stereocenters. The van der Waals surface area contributed by atoms with Crippen LogP contribution in [0.4, 0.5) is 19.0 Å². The largest absolute Gasteiger partial charge is 0.450 e. The summed E-state index contributed by atoms with van der Waals surface area (Å²) in [5, 5.41) is 2.45. The first-order chi connectivity index (χ1) is 12.7. The second-order valence-electron chi connectivity index (χ2n) is 5.32. The quantitative estimate of drug-likeness (QED) is 0.663. The number of amides is 1. The molecule has 6 nitrogen and oxygen atoms in total. The van der Waals surface area contributed by atoms with Crippen molar-refractivity contribution in [3.63, 3.8) is 0 Å².